The number of esters is 1. The van der Waals surface area contributed by atoms with Crippen LogP contribution < -0.4 is 11.1 Å². The van der Waals surface area contributed by atoms with Gasteiger partial charge in [0.25, 0.3) is 0 Å². The summed E-state index contributed by atoms with van der Waals surface area (Å²) in [5.41, 5.74) is 5.47. The molecule has 0 aromatic rings. The molecule has 0 rings (SSSR count). The van der Waals surface area contributed by atoms with Gasteiger partial charge in [0, 0.05) is 19.4 Å². The van der Waals surface area contributed by atoms with E-state index >= 15 is 0 Å². The van der Waals surface area contributed by atoms with Gasteiger partial charge >= 0.3 is 11.9 Å². The molecule has 0 aliphatic rings. The molecule has 4 N–H and O–H groups in total. The monoisotopic (exact) mass is 246 g/mol. The van der Waals surface area contributed by atoms with Crippen LogP contribution in [-0.4, -0.2) is 42.6 Å². The van der Waals surface area contributed by atoms with Crippen molar-refractivity contribution in [1.29, 1.82) is 0 Å². The maximum absolute atomic E-state index is 11.3. The summed E-state index contributed by atoms with van der Waals surface area (Å²) in [5.74, 6) is -1.73. The molecule has 1 amide bonds. The Labute approximate surface area is 99.3 Å². The number of nitrogens with two attached hydrogens (primary N) is 1. The average Bonchev–Trinajstić information content (AvgIpc) is 2.30. The maximum atomic E-state index is 11.3. The van der Waals surface area contributed by atoms with E-state index in [1.807, 2.05) is 0 Å². The van der Waals surface area contributed by atoms with Crippen molar-refractivity contribution < 1.29 is 24.2 Å². The van der Waals surface area contributed by atoms with Crippen LogP contribution in [0.1, 0.15) is 25.7 Å². The third kappa shape index (κ3) is 8.21. The van der Waals surface area contributed by atoms with Gasteiger partial charge in [0.2, 0.25) is 5.91 Å². The van der Waals surface area contributed by atoms with Crippen LogP contribution in [-0.2, 0) is 19.1 Å². The zero-order valence-corrected chi connectivity index (χ0v) is 9.77. The number of carbonyl (C=O) groups is 3. The van der Waals surface area contributed by atoms with E-state index in [2.05, 4.69) is 10.1 Å². The first-order valence-electron chi connectivity index (χ1n) is 5.29. The third-order valence-corrected chi connectivity index (χ3v) is 2.09. The second-order valence-corrected chi connectivity index (χ2v) is 3.51. The van der Waals surface area contributed by atoms with E-state index in [-0.39, 0.29) is 25.2 Å². The van der Waals surface area contributed by atoms with Gasteiger partial charge in [-0.3, -0.25) is 14.4 Å². The molecule has 1 unspecified atom stereocenters. The van der Waals surface area contributed by atoms with Crippen LogP contribution in [0.25, 0.3) is 0 Å². The molecule has 1 atom stereocenters. The highest BCUT2D eigenvalue weighted by atomic mass is 16.5. The quantitative estimate of drug-likeness (QED) is 0.383. The molecule has 0 heterocycles. The van der Waals surface area contributed by atoms with Crippen molar-refractivity contribution in [2.75, 3.05) is 13.7 Å². The van der Waals surface area contributed by atoms with E-state index < -0.39 is 17.9 Å². The highest BCUT2D eigenvalue weighted by Crippen LogP contribution is 1.95. The first-order valence-corrected chi connectivity index (χ1v) is 5.29. The summed E-state index contributed by atoms with van der Waals surface area (Å²) in [6, 6.07) is -0.829. The topological polar surface area (TPSA) is 119 Å². The molecule has 0 spiro atoms. The van der Waals surface area contributed by atoms with Gasteiger partial charge in [0.15, 0.2) is 0 Å². The van der Waals surface area contributed by atoms with Crippen LogP contribution in [0, 0.1) is 0 Å². The number of carboxylic acid groups (broad SMARTS) is 1. The first kappa shape index (κ1) is 15.4. The Kier molecular flexibility index (Phi) is 7.70. The lowest BCUT2D eigenvalue weighted by atomic mass is 10.1. The second kappa shape index (κ2) is 8.51. The normalized spacial score (nSPS) is 11.6. The van der Waals surface area contributed by atoms with Crippen molar-refractivity contribution in [3.05, 3.63) is 0 Å². The van der Waals surface area contributed by atoms with Crippen LogP contribution in [0.2, 0.25) is 0 Å². The number of hydrogen-bond donors (Lipinski definition) is 3. The van der Waals surface area contributed by atoms with Crippen LogP contribution in [0.3, 0.4) is 0 Å². The van der Waals surface area contributed by atoms with Gasteiger partial charge in [-0.25, -0.2) is 0 Å². The van der Waals surface area contributed by atoms with Gasteiger partial charge in [-0.15, -0.1) is 0 Å². The number of hydrogen-bond acceptors (Lipinski definition) is 5. The Morgan fingerprint density at radius 3 is 2.53 bits per heavy atom. The lowest BCUT2D eigenvalue weighted by Gasteiger charge is -2.10. The molecule has 7 nitrogen and oxygen atoms in total. The zero-order chi connectivity index (χ0) is 13.3. The van der Waals surface area contributed by atoms with Crippen LogP contribution in [0.4, 0.5) is 0 Å². The number of rotatable bonds is 8. The molecule has 0 bridgehead atoms. The Balaban J connectivity index is 3.64. The maximum Gasteiger partial charge on any atom is 0.305 e. The molecule has 17 heavy (non-hydrogen) atoms. The van der Waals surface area contributed by atoms with Crippen molar-refractivity contribution in [3.8, 4) is 0 Å². The Hall–Kier alpha value is -1.63. The van der Waals surface area contributed by atoms with E-state index in [0.29, 0.717) is 13.0 Å². The molecule has 0 radical (unpaired) electrons. The summed E-state index contributed by atoms with van der Waals surface area (Å²) in [6.07, 6.45) is 0.639. The lowest BCUT2D eigenvalue weighted by Crippen LogP contribution is -2.41. The largest absolute Gasteiger partial charge is 0.481 e. The van der Waals surface area contributed by atoms with Gasteiger partial charge in [-0.1, -0.05) is 0 Å². The molecule has 0 fully saturated rings. The predicted octanol–water partition coefficient (Wildman–Crippen LogP) is -0.752. The SMILES string of the molecule is COC(=O)CCCNC(=O)C(N)CCC(=O)O. The average molecular weight is 246 g/mol. The predicted molar refractivity (Wildman–Crippen MR) is 59.1 cm³/mol. The molecule has 0 saturated heterocycles. The van der Waals surface area contributed by atoms with Gasteiger partial charge in [0.1, 0.15) is 0 Å². The number of aliphatic carboxylic acids is 1. The molecule has 0 aliphatic carbocycles. The highest BCUT2D eigenvalue weighted by molar-refractivity contribution is 5.82. The smallest absolute Gasteiger partial charge is 0.305 e. The van der Waals surface area contributed by atoms with E-state index in [9.17, 15) is 14.4 Å². The van der Waals surface area contributed by atoms with Gasteiger partial charge in [-0.05, 0) is 12.8 Å². The third-order valence-electron chi connectivity index (χ3n) is 2.09. The number of amides is 1. The minimum Gasteiger partial charge on any atom is -0.481 e. The first-order chi connectivity index (χ1) is 7.97. The van der Waals surface area contributed by atoms with Crippen molar-refractivity contribution in [2.24, 2.45) is 5.73 Å². The molecular formula is C10H18N2O5. The van der Waals surface area contributed by atoms with E-state index in [4.69, 9.17) is 10.8 Å². The number of carbonyl (C=O) groups excluding carboxylic acids is 2. The summed E-state index contributed by atoms with van der Waals surface area (Å²) in [5, 5.41) is 10.9. The number of ether oxygens (including phenoxy) is 1. The fourth-order valence-corrected chi connectivity index (χ4v) is 1.09. The molecule has 98 valence electrons. The van der Waals surface area contributed by atoms with Gasteiger partial charge in [-0.2, -0.15) is 0 Å². The fraction of sp³-hybridized carbons (Fsp3) is 0.700. The number of methoxy groups -OCH3 is 1. The van der Waals surface area contributed by atoms with Crippen LogP contribution >= 0.6 is 0 Å². The minimum absolute atomic E-state index is 0.0954. The van der Waals surface area contributed by atoms with Crippen molar-refractivity contribution in [3.63, 3.8) is 0 Å². The molecule has 0 aromatic heterocycles. The molecule has 0 saturated carbocycles. The van der Waals surface area contributed by atoms with Crippen LogP contribution in [0.5, 0.6) is 0 Å². The molecular weight excluding hydrogens is 228 g/mol. The lowest BCUT2D eigenvalue weighted by molar-refractivity contribution is -0.141. The van der Waals surface area contributed by atoms with Crippen molar-refractivity contribution in [1.82, 2.24) is 5.32 Å². The van der Waals surface area contributed by atoms with Crippen molar-refractivity contribution >= 4 is 17.8 Å². The Bertz CT molecular complexity index is 280. The number of nitrogens with one attached hydrogen (secondary N) is 1. The Morgan fingerprint density at radius 2 is 2.00 bits per heavy atom. The van der Waals surface area contributed by atoms with Gasteiger partial charge < -0.3 is 20.9 Å². The van der Waals surface area contributed by atoms with E-state index in [0.717, 1.165) is 0 Å². The standard InChI is InChI=1S/C10H18N2O5/c1-17-9(15)3-2-6-12-10(16)7(11)4-5-8(13)14/h7H,2-6,11H2,1H3,(H,12,16)(H,13,14). The number of carboxylic acids is 1. The fourth-order valence-electron chi connectivity index (χ4n) is 1.09. The van der Waals surface area contributed by atoms with Gasteiger partial charge in [0.05, 0.1) is 13.2 Å². The Morgan fingerprint density at radius 1 is 1.35 bits per heavy atom. The highest BCUT2D eigenvalue weighted by Gasteiger charge is 2.14. The van der Waals surface area contributed by atoms with E-state index in [1.165, 1.54) is 7.11 Å². The van der Waals surface area contributed by atoms with E-state index in [1.54, 1.807) is 0 Å². The summed E-state index contributed by atoms with van der Waals surface area (Å²) in [7, 11) is 1.29. The van der Waals surface area contributed by atoms with Crippen LogP contribution in [0.15, 0.2) is 0 Å². The minimum atomic E-state index is -0.987. The zero-order valence-electron chi connectivity index (χ0n) is 9.77. The summed E-state index contributed by atoms with van der Waals surface area (Å²) in [6.45, 7) is 0.314. The summed E-state index contributed by atoms with van der Waals surface area (Å²) >= 11 is 0. The molecule has 0 aromatic carbocycles. The molecule has 0 aliphatic heterocycles. The second-order valence-electron chi connectivity index (χ2n) is 3.51. The summed E-state index contributed by atoms with van der Waals surface area (Å²) in [4.78, 5) is 32.3. The van der Waals surface area contributed by atoms with Crippen molar-refractivity contribution in [2.45, 2.75) is 31.7 Å². The summed E-state index contributed by atoms with van der Waals surface area (Å²) < 4.78 is 4.43. The molecule has 7 heteroatoms.